The summed E-state index contributed by atoms with van der Waals surface area (Å²) in [6.45, 7) is 6.14. The number of pyridine rings is 1. The van der Waals surface area contributed by atoms with Crippen LogP contribution in [0.1, 0.15) is 19.4 Å². The van der Waals surface area contributed by atoms with Gasteiger partial charge in [-0.05, 0) is 30.7 Å². The van der Waals surface area contributed by atoms with Gasteiger partial charge in [0.05, 0.1) is 11.2 Å². The van der Waals surface area contributed by atoms with Crippen molar-refractivity contribution in [2.45, 2.75) is 20.4 Å². The lowest BCUT2D eigenvalue weighted by Crippen LogP contribution is -2.20. The molecular weight excluding hydrogens is 262 g/mol. The van der Waals surface area contributed by atoms with Gasteiger partial charge in [-0.25, -0.2) is 4.68 Å². The van der Waals surface area contributed by atoms with E-state index in [2.05, 4.69) is 34.5 Å². The van der Waals surface area contributed by atoms with Crippen molar-refractivity contribution in [3.8, 4) is 5.69 Å². The van der Waals surface area contributed by atoms with E-state index in [9.17, 15) is 0 Å². The van der Waals surface area contributed by atoms with E-state index in [0.29, 0.717) is 5.92 Å². The van der Waals surface area contributed by atoms with E-state index in [1.165, 1.54) is 0 Å². The van der Waals surface area contributed by atoms with Crippen LogP contribution in [0.2, 0.25) is 0 Å². The van der Waals surface area contributed by atoms with E-state index in [1.807, 2.05) is 41.2 Å². The van der Waals surface area contributed by atoms with Crippen molar-refractivity contribution in [2.24, 2.45) is 5.92 Å². The van der Waals surface area contributed by atoms with Crippen molar-refractivity contribution >= 4 is 11.0 Å². The fourth-order valence-corrected chi connectivity index (χ4v) is 2.31. The van der Waals surface area contributed by atoms with Gasteiger partial charge >= 0.3 is 0 Å². The predicted molar refractivity (Wildman–Crippen MR) is 83.2 cm³/mol. The zero-order chi connectivity index (χ0) is 14.7. The Morgan fingerprint density at radius 3 is 2.90 bits per heavy atom. The molecule has 1 N–H and O–H groups in total. The fourth-order valence-electron chi connectivity index (χ4n) is 2.31. The average molecular weight is 281 g/mol. The molecule has 0 spiro atoms. The second kappa shape index (κ2) is 6.01. The second-order valence-electron chi connectivity index (χ2n) is 5.52. The van der Waals surface area contributed by atoms with Crippen LogP contribution in [0, 0.1) is 5.92 Å². The Kier molecular flexibility index (Phi) is 3.92. The van der Waals surface area contributed by atoms with Crippen LogP contribution in [0.15, 0.2) is 42.7 Å². The standard InChI is InChI=1S/C16H19N5/c1-12(2)9-18-11-13-10-17-8-7-15(13)21-16-6-4-3-5-14(16)19-20-21/h3-8,10,12,18H,9,11H2,1-2H3. The van der Waals surface area contributed by atoms with Crippen LogP contribution in [0.25, 0.3) is 16.7 Å². The average Bonchev–Trinajstić information content (AvgIpc) is 2.91. The Bertz CT molecular complexity index is 732. The minimum Gasteiger partial charge on any atom is -0.312 e. The van der Waals surface area contributed by atoms with E-state index in [0.717, 1.165) is 35.4 Å². The molecule has 0 saturated heterocycles. The summed E-state index contributed by atoms with van der Waals surface area (Å²) in [4.78, 5) is 4.23. The number of nitrogens with zero attached hydrogens (tertiary/aromatic N) is 4. The highest BCUT2D eigenvalue weighted by atomic mass is 15.4. The van der Waals surface area contributed by atoms with Crippen molar-refractivity contribution in [1.29, 1.82) is 0 Å². The molecular formula is C16H19N5. The first-order chi connectivity index (χ1) is 10.3. The molecule has 0 atom stereocenters. The van der Waals surface area contributed by atoms with Crippen molar-refractivity contribution in [3.05, 3.63) is 48.3 Å². The highest BCUT2D eigenvalue weighted by molar-refractivity contribution is 5.76. The van der Waals surface area contributed by atoms with Gasteiger partial charge in [0.25, 0.3) is 0 Å². The highest BCUT2D eigenvalue weighted by Gasteiger charge is 2.10. The van der Waals surface area contributed by atoms with Crippen LogP contribution in [-0.2, 0) is 6.54 Å². The van der Waals surface area contributed by atoms with Crippen molar-refractivity contribution in [2.75, 3.05) is 6.54 Å². The molecule has 5 nitrogen and oxygen atoms in total. The number of benzene rings is 1. The lowest BCUT2D eigenvalue weighted by atomic mass is 10.2. The van der Waals surface area contributed by atoms with E-state index in [4.69, 9.17) is 0 Å². The summed E-state index contributed by atoms with van der Waals surface area (Å²) in [6, 6.07) is 9.95. The number of hydrogen-bond acceptors (Lipinski definition) is 4. The molecule has 0 saturated carbocycles. The zero-order valence-electron chi connectivity index (χ0n) is 12.3. The maximum absolute atomic E-state index is 4.28. The Hall–Kier alpha value is -2.27. The molecule has 0 aliphatic carbocycles. The Morgan fingerprint density at radius 1 is 1.19 bits per heavy atom. The minimum absolute atomic E-state index is 0.623. The first-order valence-electron chi connectivity index (χ1n) is 7.20. The summed E-state index contributed by atoms with van der Waals surface area (Å²) in [5.41, 5.74) is 4.05. The molecule has 0 fully saturated rings. The number of hydrogen-bond donors (Lipinski definition) is 1. The molecule has 0 unspecified atom stereocenters. The van der Waals surface area contributed by atoms with Gasteiger partial charge in [-0.2, -0.15) is 0 Å². The predicted octanol–water partition coefficient (Wildman–Crippen LogP) is 2.56. The van der Waals surface area contributed by atoms with Gasteiger partial charge < -0.3 is 5.32 Å². The lowest BCUT2D eigenvalue weighted by molar-refractivity contribution is 0.550. The summed E-state index contributed by atoms with van der Waals surface area (Å²) in [5, 5.41) is 11.9. The van der Waals surface area contributed by atoms with Crippen molar-refractivity contribution in [3.63, 3.8) is 0 Å². The van der Waals surface area contributed by atoms with Crippen LogP contribution in [0.4, 0.5) is 0 Å². The van der Waals surface area contributed by atoms with Crippen molar-refractivity contribution in [1.82, 2.24) is 25.3 Å². The van der Waals surface area contributed by atoms with Crippen LogP contribution >= 0.6 is 0 Å². The van der Waals surface area contributed by atoms with Gasteiger partial charge in [-0.3, -0.25) is 4.98 Å². The molecule has 0 aliphatic heterocycles. The normalized spacial score (nSPS) is 11.4. The SMILES string of the molecule is CC(C)CNCc1cnccc1-n1nnc2ccccc21. The Labute approximate surface area is 124 Å². The van der Waals surface area contributed by atoms with Crippen LogP contribution < -0.4 is 5.32 Å². The Morgan fingerprint density at radius 2 is 2.05 bits per heavy atom. The van der Waals surface area contributed by atoms with Gasteiger partial charge in [-0.15, -0.1) is 5.10 Å². The number of aromatic nitrogens is 4. The molecule has 0 bridgehead atoms. The molecule has 5 heteroatoms. The lowest BCUT2D eigenvalue weighted by Gasteiger charge is -2.11. The van der Waals surface area contributed by atoms with Crippen LogP contribution in [0.5, 0.6) is 0 Å². The maximum atomic E-state index is 4.28. The van der Waals surface area contributed by atoms with E-state index >= 15 is 0 Å². The summed E-state index contributed by atoms with van der Waals surface area (Å²) in [6.07, 6.45) is 3.68. The van der Waals surface area contributed by atoms with Crippen LogP contribution in [-0.4, -0.2) is 26.5 Å². The third-order valence-corrected chi connectivity index (χ3v) is 3.33. The first-order valence-corrected chi connectivity index (χ1v) is 7.20. The third kappa shape index (κ3) is 2.92. The molecule has 3 aromatic rings. The smallest absolute Gasteiger partial charge is 0.113 e. The largest absolute Gasteiger partial charge is 0.312 e. The topological polar surface area (TPSA) is 55.6 Å². The summed E-state index contributed by atoms with van der Waals surface area (Å²) < 4.78 is 1.88. The van der Waals surface area contributed by atoms with E-state index in [1.54, 1.807) is 6.20 Å². The monoisotopic (exact) mass is 281 g/mol. The molecule has 108 valence electrons. The quantitative estimate of drug-likeness (QED) is 0.781. The van der Waals surface area contributed by atoms with Gasteiger partial charge in [0.15, 0.2) is 0 Å². The summed E-state index contributed by atoms with van der Waals surface area (Å²) in [5.74, 6) is 0.623. The summed E-state index contributed by atoms with van der Waals surface area (Å²) >= 11 is 0. The third-order valence-electron chi connectivity index (χ3n) is 3.33. The van der Waals surface area contributed by atoms with E-state index < -0.39 is 0 Å². The molecule has 0 amide bonds. The van der Waals surface area contributed by atoms with E-state index in [-0.39, 0.29) is 0 Å². The molecule has 2 aromatic heterocycles. The van der Waals surface area contributed by atoms with Gasteiger partial charge in [-0.1, -0.05) is 31.2 Å². The molecule has 0 radical (unpaired) electrons. The highest BCUT2D eigenvalue weighted by Crippen LogP contribution is 2.18. The summed E-state index contributed by atoms with van der Waals surface area (Å²) in [7, 11) is 0. The second-order valence-corrected chi connectivity index (χ2v) is 5.52. The molecule has 1 aromatic carbocycles. The maximum Gasteiger partial charge on any atom is 0.113 e. The van der Waals surface area contributed by atoms with Crippen molar-refractivity contribution < 1.29 is 0 Å². The number of rotatable bonds is 5. The number of fused-ring (bicyclic) bond motifs is 1. The number of para-hydroxylation sites is 1. The van der Waals surface area contributed by atoms with Gasteiger partial charge in [0.2, 0.25) is 0 Å². The van der Waals surface area contributed by atoms with Crippen LogP contribution in [0.3, 0.4) is 0 Å². The fraction of sp³-hybridized carbons (Fsp3) is 0.312. The van der Waals surface area contributed by atoms with Gasteiger partial charge in [0, 0.05) is 24.5 Å². The molecule has 2 heterocycles. The minimum atomic E-state index is 0.623. The molecule has 21 heavy (non-hydrogen) atoms. The first kappa shape index (κ1) is 13.7. The molecule has 3 rings (SSSR count). The molecule has 0 aliphatic rings. The number of nitrogens with one attached hydrogen (secondary N) is 1. The Balaban J connectivity index is 1.95. The zero-order valence-corrected chi connectivity index (χ0v) is 12.3. The van der Waals surface area contributed by atoms with Gasteiger partial charge in [0.1, 0.15) is 5.52 Å².